The highest BCUT2D eigenvalue weighted by molar-refractivity contribution is 8.00. The van der Waals surface area contributed by atoms with Gasteiger partial charge in [0, 0.05) is 5.75 Å². The van der Waals surface area contributed by atoms with Crippen LogP contribution < -0.4 is 5.73 Å². The van der Waals surface area contributed by atoms with Crippen LogP contribution in [0.25, 0.3) is 0 Å². The summed E-state index contributed by atoms with van der Waals surface area (Å²) in [6.45, 7) is 0. The maximum atomic E-state index is 10.1. The molecule has 0 bridgehead atoms. The second-order valence-corrected chi connectivity index (χ2v) is 3.02. The van der Waals surface area contributed by atoms with Gasteiger partial charge in [0.1, 0.15) is 5.37 Å². The molecule has 0 fully saturated rings. The average molecular weight is 179 g/mol. The highest BCUT2D eigenvalue weighted by Gasteiger charge is 2.11. The Hall–Kier alpha value is -0.750. The lowest BCUT2D eigenvalue weighted by atomic mass is 10.5. The number of carboxylic acid groups (broad SMARTS) is 2. The summed E-state index contributed by atoms with van der Waals surface area (Å²) in [5.41, 5.74) is 5.07. The summed E-state index contributed by atoms with van der Waals surface area (Å²) in [6.07, 6.45) is -0.0638. The minimum atomic E-state index is -1.12. The number of hydrogen-bond acceptors (Lipinski definition) is 4. The van der Waals surface area contributed by atoms with Gasteiger partial charge in [-0.15, -0.1) is 11.8 Å². The van der Waals surface area contributed by atoms with Crippen LogP contribution in [-0.2, 0) is 9.59 Å². The van der Waals surface area contributed by atoms with Crippen molar-refractivity contribution in [3.63, 3.8) is 0 Å². The molecule has 4 N–H and O–H groups in total. The van der Waals surface area contributed by atoms with Gasteiger partial charge in [-0.2, -0.15) is 0 Å². The first-order chi connectivity index (χ1) is 5.04. The molecule has 5 nitrogen and oxygen atoms in total. The van der Waals surface area contributed by atoms with Crippen molar-refractivity contribution in [2.45, 2.75) is 11.8 Å². The highest BCUT2D eigenvalue weighted by atomic mass is 32.2. The van der Waals surface area contributed by atoms with Crippen molar-refractivity contribution in [2.75, 3.05) is 5.75 Å². The van der Waals surface area contributed by atoms with Gasteiger partial charge >= 0.3 is 11.9 Å². The van der Waals surface area contributed by atoms with E-state index in [1.807, 2.05) is 0 Å². The Kier molecular flexibility index (Phi) is 4.64. The SMILES string of the molecule is NC(SCCC(=O)O)C(=O)O. The first-order valence-electron chi connectivity index (χ1n) is 2.86. The zero-order valence-electron chi connectivity index (χ0n) is 5.69. The van der Waals surface area contributed by atoms with E-state index in [1.165, 1.54) is 0 Å². The van der Waals surface area contributed by atoms with Crippen molar-refractivity contribution in [3.05, 3.63) is 0 Å². The fraction of sp³-hybridized carbons (Fsp3) is 0.600. The van der Waals surface area contributed by atoms with E-state index in [4.69, 9.17) is 15.9 Å². The minimum absolute atomic E-state index is 0.0638. The third-order valence-corrected chi connectivity index (χ3v) is 1.86. The van der Waals surface area contributed by atoms with Gasteiger partial charge < -0.3 is 15.9 Å². The van der Waals surface area contributed by atoms with Crippen LogP contribution in [0.15, 0.2) is 0 Å². The molecule has 0 aromatic heterocycles. The van der Waals surface area contributed by atoms with Gasteiger partial charge in [-0.05, 0) is 0 Å². The van der Waals surface area contributed by atoms with Gasteiger partial charge in [0.15, 0.2) is 0 Å². The van der Waals surface area contributed by atoms with E-state index in [1.54, 1.807) is 0 Å². The molecule has 0 radical (unpaired) electrons. The summed E-state index contributed by atoms with van der Waals surface area (Å²) < 4.78 is 0. The van der Waals surface area contributed by atoms with Crippen molar-refractivity contribution >= 4 is 23.7 Å². The van der Waals surface area contributed by atoms with E-state index in [9.17, 15) is 9.59 Å². The number of aliphatic carboxylic acids is 2. The maximum absolute atomic E-state index is 10.1. The van der Waals surface area contributed by atoms with Crippen LogP contribution in [0.2, 0.25) is 0 Å². The van der Waals surface area contributed by atoms with Crippen molar-refractivity contribution in [1.82, 2.24) is 0 Å². The molecule has 6 heteroatoms. The summed E-state index contributed by atoms with van der Waals surface area (Å²) in [4.78, 5) is 20.0. The van der Waals surface area contributed by atoms with Gasteiger partial charge in [0.2, 0.25) is 0 Å². The maximum Gasteiger partial charge on any atom is 0.330 e. The van der Waals surface area contributed by atoms with E-state index in [-0.39, 0.29) is 12.2 Å². The molecule has 0 aromatic rings. The molecule has 1 unspecified atom stereocenters. The molecule has 0 aliphatic heterocycles. The fourth-order valence-corrected chi connectivity index (χ4v) is 1.03. The Morgan fingerprint density at radius 2 is 2.00 bits per heavy atom. The molecule has 0 amide bonds. The summed E-state index contributed by atoms with van der Waals surface area (Å²) in [6, 6.07) is 0. The van der Waals surface area contributed by atoms with E-state index >= 15 is 0 Å². The van der Waals surface area contributed by atoms with Crippen molar-refractivity contribution < 1.29 is 19.8 Å². The van der Waals surface area contributed by atoms with Crippen LogP contribution in [0.4, 0.5) is 0 Å². The Morgan fingerprint density at radius 1 is 1.45 bits per heavy atom. The zero-order valence-corrected chi connectivity index (χ0v) is 6.50. The predicted octanol–water partition coefficient (Wildman–Crippen LogP) is -0.436. The molecule has 0 aliphatic carbocycles. The molecular weight excluding hydrogens is 170 g/mol. The summed E-state index contributed by atoms with van der Waals surface area (Å²) in [5.74, 6) is -1.85. The van der Waals surface area contributed by atoms with Crippen LogP contribution in [0.5, 0.6) is 0 Å². The summed E-state index contributed by atoms with van der Waals surface area (Å²) in [7, 11) is 0. The minimum Gasteiger partial charge on any atom is -0.481 e. The molecule has 0 saturated heterocycles. The lowest BCUT2D eigenvalue weighted by Crippen LogP contribution is -2.26. The van der Waals surface area contributed by atoms with Crippen molar-refractivity contribution in [3.8, 4) is 0 Å². The second-order valence-electron chi connectivity index (χ2n) is 1.77. The third kappa shape index (κ3) is 5.68. The lowest BCUT2D eigenvalue weighted by molar-refractivity contribution is -0.137. The molecule has 0 heterocycles. The highest BCUT2D eigenvalue weighted by Crippen LogP contribution is 2.06. The number of nitrogens with two attached hydrogens (primary N) is 1. The van der Waals surface area contributed by atoms with E-state index in [2.05, 4.69) is 0 Å². The van der Waals surface area contributed by atoms with Crippen LogP contribution >= 0.6 is 11.8 Å². The van der Waals surface area contributed by atoms with Gasteiger partial charge in [-0.3, -0.25) is 4.79 Å². The number of hydrogen-bond donors (Lipinski definition) is 3. The molecule has 0 aromatic carbocycles. The molecule has 0 aliphatic rings. The van der Waals surface area contributed by atoms with Crippen LogP contribution in [-0.4, -0.2) is 33.3 Å². The molecule has 11 heavy (non-hydrogen) atoms. The first kappa shape index (κ1) is 10.2. The second kappa shape index (κ2) is 4.97. The largest absolute Gasteiger partial charge is 0.481 e. The van der Waals surface area contributed by atoms with Crippen LogP contribution in [0.1, 0.15) is 6.42 Å². The van der Waals surface area contributed by atoms with Gasteiger partial charge in [0.25, 0.3) is 0 Å². The molecule has 0 spiro atoms. The third-order valence-electron chi connectivity index (χ3n) is 0.857. The average Bonchev–Trinajstić information content (AvgIpc) is 1.86. The topological polar surface area (TPSA) is 101 Å². The first-order valence-corrected chi connectivity index (χ1v) is 3.90. The predicted molar refractivity (Wildman–Crippen MR) is 40.3 cm³/mol. The Bertz CT molecular complexity index is 161. The molecule has 0 rings (SSSR count). The fourth-order valence-electron chi connectivity index (χ4n) is 0.344. The van der Waals surface area contributed by atoms with Crippen LogP contribution in [0.3, 0.4) is 0 Å². The standard InChI is InChI=1S/C5H9NO4S/c6-4(5(9)10)11-2-1-3(7)8/h4H,1-2,6H2,(H,7,8)(H,9,10). The van der Waals surface area contributed by atoms with Gasteiger partial charge in [-0.25, -0.2) is 4.79 Å². The van der Waals surface area contributed by atoms with Gasteiger partial charge in [0.05, 0.1) is 6.42 Å². The number of carbonyl (C=O) groups is 2. The van der Waals surface area contributed by atoms with Crippen molar-refractivity contribution in [2.24, 2.45) is 5.73 Å². The monoisotopic (exact) mass is 179 g/mol. The Labute approximate surface area is 67.6 Å². The quantitative estimate of drug-likeness (QED) is 0.495. The van der Waals surface area contributed by atoms with Gasteiger partial charge in [-0.1, -0.05) is 0 Å². The zero-order chi connectivity index (χ0) is 8.85. The smallest absolute Gasteiger partial charge is 0.330 e. The van der Waals surface area contributed by atoms with Crippen LogP contribution in [0, 0.1) is 0 Å². The Balaban J connectivity index is 3.39. The summed E-state index contributed by atoms with van der Waals surface area (Å²) >= 11 is 0.910. The molecule has 1 atom stereocenters. The molecule has 64 valence electrons. The van der Waals surface area contributed by atoms with E-state index < -0.39 is 17.3 Å². The number of carboxylic acids is 2. The Morgan fingerprint density at radius 3 is 2.36 bits per heavy atom. The molecule has 0 saturated carbocycles. The normalized spacial score (nSPS) is 12.5. The number of rotatable bonds is 5. The molecular formula is C5H9NO4S. The van der Waals surface area contributed by atoms with E-state index in [0.29, 0.717) is 0 Å². The lowest BCUT2D eigenvalue weighted by Gasteiger charge is -2.02. The van der Waals surface area contributed by atoms with Crippen molar-refractivity contribution in [1.29, 1.82) is 0 Å². The van der Waals surface area contributed by atoms with E-state index in [0.717, 1.165) is 11.8 Å². The summed E-state index contributed by atoms with van der Waals surface area (Å²) in [5, 5.41) is 15.4. The number of thioether (sulfide) groups is 1.